The molecule has 1 aliphatic heterocycles. The van der Waals surface area contributed by atoms with E-state index in [1.165, 1.54) is 11.1 Å². The molecule has 1 heterocycles. The number of hydrogen-bond donors (Lipinski definition) is 1. The number of carbonyl (C=O) groups is 2. The molecule has 112 valence electrons. The van der Waals surface area contributed by atoms with Crippen LogP contribution < -0.4 is 0 Å². The van der Waals surface area contributed by atoms with Gasteiger partial charge in [-0.25, -0.2) is 0 Å². The van der Waals surface area contributed by atoms with Crippen molar-refractivity contribution >= 4 is 11.9 Å². The Balaban J connectivity index is 1.88. The number of rotatable bonds is 0. The fraction of sp³-hybridized carbons (Fsp3) is 0.765. The van der Waals surface area contributed by atoms with Gasteiger partial charge in [-0.15, -0.1) is 0 Å². The number of aliphatic hydroxyl groups is 1. The summed E-state index contributed by atoms with van der Waals surface area (Å²) in [6.45, 7) is 4.19. The smallest absolute Gasteiger partial charge is 0.321 e. The van der Waals surface area contributed by atoms with Crippen molar-refractivity contribution in [1.82, 2.24) is 0 Å². The van der Waals surface area contributed by atoms with Gasteiger partial charge < -0.3 is 9.84 Å². The number of aliphatic hydroxyl groups excluding tert-OH is 1. The molecule has 4 nitrogen and oxygen atoms in total. The lowest BCUT2D eigenvalue weighted by atomic mass is 9.51. The Morgan fingerprint density at radius 1 is 1.00 bits per heavy atom. The highest BCUT2D eigenvalue weighted by molar-refractivity contribution is 6.05. The second-order valence-electron chi connectivity index (χ2n) is 7.83. The van der Waals surface area contributed by atoms with E-state index in [1.807, 2.05) is 0 Å². The van der Waals surface area contributed by atoms with Crippen LogP contribution in [0.4, 0.5) is 0 Å². The fourth-order valence-electron chi connectivity index (χ4n) is 7.39. The van der Waals surface area contributed by atoms with Crippen LogP contribution in [0, 0.1) is 34.5 Å². The zero-order chi connectivity index (χ0) is 14.7. The van der Waals surface area contributed by atoms with Gasteiger partial charge >= 0.3 is 11.9 Å². The highest BCUT2D eigenvalue weighted by Crippen LogP contribution is 2.84. The van der Waals surface area contributed by atoms with Crippen LogP contribution in [0.1, 0.15) is 39.5 Å². The number of carbonyl (C=O) groups excluding carboxylic acids is 2. The van der Waals surface area contributed by atoms with Gasteiger partial charge in [-0.2, -0.15) is 0 Å². The standard InChI is InChI=1S/C17H20O4/c1-7(2)12-8-3-4-9(12)17-11-6-5-10(13(11)18)16(8,17)14(19)21-15(17)20/h8-11,13,18H,3-6H2,1-2H3. The Hall–Kier alpha value is -1.16. The number of fused-ring (bicyclic) bond motifs is 4. The normalized spacial score (nSPS) is 56.0. The van der Waals surface area contributed by atoms with E-state index in [-0.39, 0.29) is 35.6 Å². The maximum atomic E-state index is 12.8. The van der Waals surface area contributed by atoms with E-state index in [0.29, 0.717) is 0 Å². The summed E-state index contributed by atoms with van der Waals surface area (Å²) < 4.78 is 5.20. The van der Waals surface area contributed by atoms with E-state index in [2.05, 4.69) is 13.8 Å². The van der Waals surface area contributed by atoms with Gasteiger partial charge in [0.1, 0.15) is 0 Å². The second-order valence-corrected chi connectivity index (χ2v) is 7.83. The third-order valence-corrected chi connectivity index (χ3v) is 7.50. The molecule has 0 aromatic carbocycles. The molecule has 1 N–H and O–H groups in total. The molecular weight excluding hydrogens is 268 g/mol. The summed E-state index contributed by atoms with van der Waals surface area (Å²) in [4.78, 5) is 25.6. The summed E-state index contributed by atoms with van der Waals surface area (Å²) in [5, 5.41) is 10.7. The van der Waals surface area contributed by atoms with Crippen LogP contribution in [0.2, 0.25) is 0 Å². The van der Waals surface area contributed by atoms with E-state index in [0.717, 1.165) is 25.7 Å². The first-order valence-corrected chi connectivity index (χ1v) is 8.11. The van der Waals surface area contributed by atoms with E-state index in [9.17, 15) is 14.7 Å². The van der Waals surface area contributed by atoms with Crippen molar-refractivity contribution in [3.63, 3.8) is 0 Å². The molecule has 5 rings (SSSR count). The minimum absolute atomic E-state index is 0.0777. The Labute approximate surface area is 123 Å². The van der Waals surface area contributed by atoms with Crippen LogP contribution in [0.3, 0.4) is 0 Å². The molecule has 5 fully saturated rings. The number of ether oxygens (including phenoxy) is 1. The molecule has 4 aliphatic carbocycles. The van der Waals surface area contributed by atoms with Gasteiger partial charge in [-0.3, -0.25) is 9.59 Å². The van der Waals surface area contributed by atoms with Gasteiger partial charge in [0.15, 0.2) is 0 Å². The molecule has 5 aliphatic rings. The molecular formula is C17H20O4. The minimum atomic E-state index is -0.734. The van der Waals surface area contributed by atoms with Crippen LogP contribution in [-0.4, -0.2) is 23.1 Å². The van der Waals surface area contributed by atoms with Crippen molar-refractivity contribution in [2.24, 2.45) is 34.5 Å². The summed E-state index contributed by atoms with van der Waals surface area (Å²) in [7, 11) is 0. The predicted octanol–water partition coefficient (Wildman–Crippen LogP) is 1.82. The van der Waals surface area contributed by atoms with Gasteiger partial charge in [0.05, 0.1) is 16.9 Å². The van der Waals surface area contributed by atoms with Gasteiger partial charge in [0.25, 0.3) is 0 Å². The third-order valence-electron chi connectivity index (χ3n) is 7.50. The number of esters is 2. The lowest BCUT2D eigenvalue weighted by molar-refractivity contribution is -0.159. The van der Waals surface area contributed by atoms with Gasteiger partial charge in [-0.05, 0) is 51.4 Å². The molecule has 0 aromatic heterocycles. The molecule has 0 aromatic rings. The van der Waals surface area contributed by atoms with Crippen molar-refractivity contribution < 1.29 is 19.4 Å². The Kier molecular flexibility index (Phi) is 1.93. The van der Waals surface area contributed by atoms with E-state index in [1.54, 1.807) is 0 Å². The summed E-state index contributed by atoms with van der Waals surface area (Å²) in [6, 6.07) is 0. The van der Waals surface area contributed by atoms with Crippen molar-refractivity contribution in [2.45, 2.75) is 45.6 Å². The average Bonchev–Trinajstić information content (AvgIpc) is 3.16. The van der Waals surface area contributed by atoms with E-state index in [4.69, 9.17) is 4.74 Å². The first-order chi connectivity index (χ1) is 9.98. The van der Waals surface area contributed by atoms with Crippen molar-refractivity contribution in [1.29, 1.82) is 0 Å². The molecule has 0 spiro atoms. The van der Waals surface area contributed by atoms with Crippen LogP contribution in [0.5, 0.6) is 0 Å². The number of hydrogen-bond acceptors (Lipinski definition) is 4. The Bertz CT molecular complexity index is 585. The lowest BCUT2D eigenvalue weighted by Crippen LogP contribution is -2.53. The van der Waals surface area contributed by atoms with Gasteiger partial charge in [-0.1, -0.05) is 11.1 Å². The maximum absolute atomic E-state index is 12.8. The average molecular weight is 288 g/mol. The molecule has 4 bridgehead atoms. The highest BCUT2D eigenvalue weighted by atomic mass is 16.6. The predicted molar refractivity (Wildman–Crippen MR) is 72.8 cm³/mol. The van der Waals surface area contributed by atoms with Crippen LogP contribution in [0.15, 0.2) is 11.1 Å². The summed E-state index contributed by atoms with van der Waals surface area (Å²) in [5.74, 6) is -0.570. The molecule has 21 heavy (non-hydrogen) atoms. The summed E-state index contributed by atoms with van der Waals surface area (Å²) in [5.41, 5.74) is 1.12. The Morgan fingerprint density at radius 2 is 1.48 bits per heavy atom. The quantitative estimate of drug-likeness (QED) is 0.419. The Morgan fingerprint density at radius 3 is 1.90 bits per heavy atom. The monoisotopic (exact) mass is 288 g/mol. The van der Waals surface area contributed by atoms with Crippen molar-refractivity contribution in [3.05, 3.63) is 11.1 Å². The molecule has 4 heteroatoms. The molecule has 1 saturated heterocycles. The second kappa shape index (κ2) is 3.27. The lowest BCUT2D eigenvalue weighted by Gasteiger charge is -2.45. The summed E-state index contributed by atoms with van der Waals surface area (Å²) in [6.07, 6.45) is 3.14. The number of cyclic esters (lactones) is 2. The fourth-order valence-corrected chi connectivity index (χ4v) is 7.39. The third kappa shape index (κ3) is 0.882. The van der Waals surface area contributed by atoms with Crippen LogP contribution in [0.25, 0.3) is 0 Å². The SMILES string of the molecule is CC(C)=C1C2CCC1C13C(=O)OC(=O)C21C1CCC3C1O. The highest BCUT2D eigenvalue weighted by Gasteiger charge is 2.90. The molecule has 6 atom stereocenters. The largest absolute Gasteiger partial charge is 0.392 e. The zero-order valence-electron chi connectivity index (χ0n) is 12.4. The topological polar surface area (TPSA) is 63.6 Å². The number of allylic oxidation sites excluding steroid dienone is 2. The molecule has 6 unspecified atom stereocenters. The maximum Gasteiger partial charge on any atom is 0.321 e. The van der Waals surface area contributed by atoms with Gasteiger partial charge in [0.2, 0.25) is 0 Å². The summed E-state index contributed by atoms with van der Waals surface area (Å²) >= 11 is 0. The first kappa shape index (κ1) is 12.4. The van der Waals surface area contributed by atoms with E-state index >= 15 is 0 Å². The van der Waals surface area contributed by atoms with Crippen molar-refractivity contribution in [3.8, 4) is 0 Å². The van der Waals surface area contributed by atoms with E-state index < -0.39 is 16.9 Å². The minimum Gasteiger partial charge on any atom is -0.392 e. The van der Waals surface area contributed by atoms with Crippen LogP contribution >= 0.6 is 0 Å². The molecule has 0 amide bonds. The van der Waals surface area contributed by atoms with Crippen LogP contribution in [-0.2, 0) is 14.3 Å². The van der Waals surface area contributed by atoms with Gasteiger partial charge in [0, 0.05) is 11.8 Å². The zero-order valence-corrected chi connectivity index (χ0v) is 12.4. The first-order valence-electron chi connectivity index (χ1n) is 8.11. The molecule has 4 saturated carbocycles. The van der Waals surface area contributed by atoms with Crippen molar-refractivity contribution in [2.75, 3.05) is 0 Å². The molecule has 0 radical (unpaired) electrons.